The first-order chi connectivity index (χ1) is 17.1. The van der Waals surface area contributed by atoms with Crippen molar-refractivity contribution in [2.45, 2.75) is 6.10 Å². The lowest BCUT2D eigenvalue weighted by atomic mass is 9.92. The molecule has 0 aliphatic carbocycles. The molecule has 2 N–H and O–H groups in total. The Kier molecular flexibility index (Phi) is 8.31. The molecule has 0 saturated heterocycles. The molecule has 0 fully saturated rings. The lowest BCUT2D eigenvalue weighted by molar-refractivity contribution is -0.134. The third kappa shape index (κ3) is 5.28. The van der Waals surface area contributed by atoms with Crippen molar-refractivity contribution in [1.82, 2.24) is 0 Å². The van der Waals surface area contributed by atoms with Crippen molar-refractivity contribution in [1.29, 1.82) is 0 Å². The first kappa shape index (κ1) is 26.9. The molecule has 1 atom stereocenters. The van der Waals surface area contributed by atoms with Crippen LogP contribution in [0.4, 0.5) is 0 Å². The summed E-state index contributed by atoms with van der Waals surface area (Å²) in [6.45, 7) is 0. The first-order valence-electron chi connectivity index (χ1n) is 10.4. The number of carbonyl (C=O) groups excluding carboxylic acids is 1. The number of hydrogen-bond acceptors (Lipinski definition) is 6. The summed E-state index contributed by atoms with van der Waals surface area (Å²) in [7, 11) is 3.11. The maximum absolute atomic E-state index is 13.2. The van der Waals surface area contributed by atoms with Crippen LogP contribution in [0.5, 0.6) is 17.2 Å². The maximum atomic E-state index is 13.2. The molecule has 186 valence electrons. The molecule has 1 heterocycles. The van der Waals surface area contributed by atoms with Crippen LogP contribution in [0.1, 0.15) is 22.8 Å². The number of methoxy groups -OCH3 is 2. The minimum absolute atomic E-state index is 0.00962. The Bertz CT molecular complexity index is 1370. The Morgan fingerprint density at radius 2 is 1.47 bits per heavy atom. The standard InChI is InChI=1S/C26H18Br4O6/c1-34-15-5-3-12(4-6-15)7-20-21(13-8-16(27)24(32)17(28)9-13)22(26(33)36-20)23(31)14-10-18(29)25(35-2)19(30)11-14/h3-11,23,31-32H,1-2H3/b20-7+/t23-/m0/s1. The van der Waals surface area contributed by atoms with E-state index >= 15 is 0 Å². The van der Waals surface area contributed by atoms with E-state index in [1.165, 1.54) is 7.11 Å². The number of phenols is 1. The van der Waals surface area contributed by atoms with Crippen molar-refractivity contribution in [3.8, 4) is 17.2 Å². The third-order valence-electron chi connectivity index (χ3n) is 5.47. The van der Waals surface area contributed by atoms with Gasteiger partial charge in [-0.05, 0) is 123 Å². The number of ether oxygens (including phenoxy) is 3. The number of benzene rings is 3. The molecule has 0 amide bonds. The van der Waals surface area contributed by atoms with Crippen LogP contribution in [0.2, 0.25) is 0 Å². The van der Waals surface area contributed by atoms with Gasteiger partial charge in [-0.25, -0.2) is 4.79 Å². The molecule has 10 heteroatoms. The fourth-order valence-corrected chi connectivity index (χ4v) is 6.48. The third-order valence-corrected chi connectivity index (χ3v) is 7.86. The number of esters is 1. The second-order valence-corrected chi connectivity index (χ2v) is 11.1. The van der Waals surface area contributed by atoms with E-state index in [2.05, 4.69) is 63.7 Å². The second-order valence-electron chi connectivity index (χ2n) is 7.67. The van der Waals surface area contributed by atoms with Gasteiger partial charge in [0.1, 0.15) is 29.1 Å². The number of aliphatic hydroxyl groups excluding tert-OH is 1. The van der Waals surface area contributed by atoms with Crippen LogP contribution in [0.25, 0.3) is 11.6 Å². The van der Waals surface area contributed by atoms with Gasteiger partial charge in [0.05, 0.1) is 37.7 Å². The Balaban J connectivity index is 1.93. The van der Waals surface area contributed by atoms with Crippen LogP contribution >= 0.6 is 63.7 Å². The monoisotopic (exact) mass is 742 g/mol. The molecule has 0 spiro atoms. The molecule has 1 aliphatic rings. The van der Waals surface area contributed by atoms with E-state index in [0.717, 1.165) is 5.56 Å². The summed E-state index contributed by atoms with van der Waals surface area (Å²) in [5, 5.41) is 21.7. The number of hydrogen-bond donors (Lipinski definition) is 2. The van der Waals surface area contributed by atoms with Gasteiger partial charge in [-0.1, -0.05) is 12.1 Å². The van der Waals surface area contributed by atoms with E-state index in [1.807, 2.05) is 12.1 Å². The van der Waals surface area contributed by atoms with Gasteiger partial charge in [0.2, 0.25) is 0 Å². The van der Waals surface area contributed by atoms with Crippen molar-refractivity contribution >= 4 is 81.3 Å². The van der Waals surface area contributed by atoms with Crippen LogP contribution in [0.15, 0.2) is 77.8 Å². The maximum Gasteiger partial charge on any atom is 0.343 e. The SMILES string of the molecule is COc1ccc(/C=C2/OC(=O)C([C@@H](O)c3cc(Br)c(OC)c(Br)c3)=C2c2cc(Br)c(O)c(Br)c2)cc1. The molecule has 0 bridgehead atoms. The molecular formula is C26H18Br4O6. The second kappa shape index (κ2) is 11.1. The first-order valence-corrected chi connectivity index (χ1v) is 13.5. The number of phenolic OH excluding ortho intramolecular Hbond substituents is 1. The normalized spacial score (nSPS) is 15.3. The summed E-state index contributed by atoms with van der Waals surface area (Å²) in [5.74, 6) is 0.835. The molecule has 3 aromatic carbocycles. The quantitative estimate of drug-likeness (QED) is 0.254. The smallest absolute Gasteiger partial charge is 0.343 e. The van der Waals surface area contributed by atoms with Gasteiger partial charge in [0.25, 0.3) is 0 Å². The van der Waals surface area contributed by atoms with Crippen LogP contribution in [0, 0.1) is 0 Å². The molecule has 1 aliphatic heterocycles. The summed E-state index contributed by atoms with van der Waals surface area (Å²) in [6.07, 6.45) is 0.389. The van der Waals surface area contributed by atoms with Crippen molar-refractivity contribution < 1.29 is 29.2 Å². The summed E-state index contributed by atoms with van der Waals surface area (Å²) in [4.78, 5) is 13.2. The summed E-state index contributed by atoms with van der Waals surface area (Å²) in [5.41, 5.74) is 2.22. The number of allylic oxidation sites excluding steroid dienone is 1. The molecule has 4 rings (SSSR count). The van der Waals surface area contributed by atoms with E-state index in [4.69, 9.17) is 14.2 Å². The van der Waals surface area contributed by atoms with Gasteiger partial charge >= 0.3 is 5.97 Å². The average Bonchev–Trinajstić information content (AvgIpc) is 3.17. The molecule has 0 unspecified atom stereocenters. The summed E-state index contributed by atoms with van der Waals surface area (Å²) in [6, 6.07) is 13.9. The molecular weight excluding hydrogens is 728 g/mol. The van der Waals surface area contributed by atoms with Crippen molar-refractivity contribution in [3.63, 3.8) is 0 Å². The minimum Gasteiger partial charge on any atom is -0.506 e. The zero-order chi connectivity index (χ0) is 26.1. The molecule has 0 saturated carbocycles. The number of rotatable bonds is 6. The fourth-order valence-electron chi connectivity index (χ4n) is 3.75. The zero-order valence-electron chi connectivity index (χ0n) is 18.8. The number of halogens is 4. The fraction of sp³-hybridized carbons (Fsp3) is 0.115. The van der Waals surface area contributed by atoms with Gasteiger partial charge in [-0.2, -0.15) is 0 Å². The molecule has 0 radical (unpaired) electrons. The van der Waals surface area contributed by atoms with Gasteiger partial charge in [0, 0.05) is 5.57 Å². The van der Waals surface area contributed by atoms with Crippen molar-refractivity contribution in [2.24, 2.45) is 0 Å². The molecule has 6 nitrogen and oxygen atoms in total. The minimum atomic E-state index is -1.32. The number of aromatic hydroxyl groups is 1. The highest BCUT2D eigenvalue weighted by atomic mass is 79.9. The predicted molar refractivity (Wildman–Crippen MR) is 151 cm³/mol. The van der Waals surface area contributed by atoms with Crippen LogP contribution in [0.3, 0.4) is 0 Å². The topological polar surface area (TPSA) is 85.2 Å². The average molecular weight is 746 g/mol. The highest BCUT2D eigenvalue weighted by Crippen LogP contribution is 2.46. The Morgan fingerprint density at radius 3 is 2.00 bits per heavy atom. The van der Waals surface area contributed by atoms with Gasteiger partial charge in [-0.15, -0.1) is 0 Å². The highest BCUT2D eigenvalue weighted by molar-refractivity contribution is 9.11. The largest absolute Gasteiger partial charge is 0.506 e. The van der Waals surface area contributed by atoms with E-state index in [9.17, 15) is 15.0 Å². The Labute approximate surface area is 241 Å². The molecule has 36 heavy (non-hydrogen) atoms. The van der Waals surface area contributed by atoms with E-state index < -0.39 is 12.1 Å². The Morgan fingerprint density at radius 1 is 0.889 bits per heavy atom. The highest BCUT2D eigenvalue weighted by Gasteiger charge is 2.37. The molecule has 0 aromatic heterocycles. The van der Waals surface area contributed by atoms with Gasteiger partial charge in [0.15, 0.2) is 0 Å². The number of cyclic esters (lactones) is 1. The van der Waals surface area contributed by atoms with Gasteiger partial charge < -0.3 is 24.4 Å². The lowest BCUT2D eigenvalue weighted by Crippen LogP contribution is -2.10. The molecule has 3 aromatic rings. The van der Waals surface area contributed by atoms with Gasteiger partial charge in [-0.3, -0.25) is 0 Å². The van der Waals surface area contributed by atoms with E-state index in [0.29, 0.717) is 46.1 Å². The Hall–Kier alpha value is -2.11. The van der Waals surface area contributed by atoms with Crippen molar-refractivity contribution in [3.05, 3.63) is 94.4 Å². The van der Waals surface area contributed by atoms with E-state index in [1.54, 1.807) is 49.6 Å². The van der Waals surface area contributed by atoms with E-state index in [-0.39, 0.29) is 17.1 Å². The predicted octanol–water partition coefficient (Wildman–Crippen LogP) is 7.54. The van der Waals surface area contributed by atoms with Crippen LogP contribution in [-0.2, 0) is 9.53 Å². The van der Waals surface area contributed by atoms with Crippen molar-refractivity contribution in [2.75, 3.05) is 14.2 Å². The van der Waals surface area contributed by atoms with Crippen LogP contribution in [-0.4, -0.2) is 30.4 Å². The summed E-state index contributed by atoms with van der Waals surface area (Å²) >= 11 is 13.6. The number of aliphatic hydroxyl groups is 1. The lowest BCUT2D eigenvalue weighted by Gasteiger charge is -2.16. The number of carbonyl (C=O) groups is 1. The van der Waals surface area contributed by atoms with Crippen LogP contribution < -0.4 is 9.47 Å². The zero-order valence-corrected chi connectivity index (χ0v) is 25.2. The summed E-state index contributed by atoms with van der Waals surface area (Å²) < 4.78 is 18.3.